The summed E-state index contributed by atoms with van der Waals surface area (Å²) in [5, 5.41) is 12.9. The summed E-state index contributed by atoms with van der Waals surface area (Å²) in [6.45, 7) is 4.58. The average Bonchev–Trinajstić information content (AvgIpc) is 2.46. The number of hydrogen-bond acceptors (Lipinski definition) is 4. The summed E-state index contributed by atoms with van der Waals surface area (Å²) in [6, 6.07) is 3.94. The highest BCUT2D eigenvalue weighted by Gasteiger charge is 2.20. The minimum atomic E-state index is -0.667. The van der Waals surface area contributed by atoms with E-state index in [-0.39, 0.29) is 28.7 Å². The number of amides is 2. The van der Waals surface area contributed by atoms with Gasteiger partial charge in [0.2, 0.25) is 5.91 Å². The molecule has 8 heteroatoms. The lowest BCUT2D eigenvalue weighted by Gasteiger charge is -2.18. The van der Waals surface area contributed by atoms with Gasteiger partial charge < -0.3 is 10.2 Å². The van der Waals surface area contributed by atoms with E-state index in [1.165, 1.54) is 18.2 Å². The lowest BCUT2D eigenvalue weighted by Crippen LogP contribution is -2.40. The van der Waals surface area contributed by atoms with Crippen molar-refractivity contribution in [1.29, 1.82) is 0 Å². The summed E-state index contributed by atoms with van der Waals surface area (Å²) in [5.41, 5.74) is -0.377. The summed E-state index contributed by atoms with van der Waals surface area (Å²) in [4.78, 5) is 35.4. The van der Waals surface area contributed by atoms with E-state index in [0.717, 1.165) is 0 Å². The third-order valence-corrected chi connectivity index (χ3v) is 3.33. The number of rotatable bonds is 6. The summed E-state index contributed by atoms with van der Waals surface area (Å²) < 4.78 is 0. The zero-order valence-electron chi connectivity index (χ0n) is 11.8. The molecule has 0 saturated carbocycles. The van der Waals surface area contributed by atoms with Crippen molar-refractivity contribution in [3.63, 3.8) is 0 Å². The van der Waals surface area contributed by atoms with E-state index in [1.807, 2.05) is 13.8 Å². The SMILES string of the molecule is CCN(CC)C(=O)CNC(=O)c1cccc([N+](=O)[O-])c1Cl. The van der Waals surface area contributed by atoms with Crippen molar-refractivity contribution in [1.82, 2.24) is 10.2 Å². The second kappa shape index (κ2) is 7.58. The Bertz CT molecular complexity index is 558. The van der Waals surface area contributed by atoms with Gasteiger partial charge in [-0.15, -0.1) is 0 Å². The number of likely N-dealkylation sites (N-methyl/N-ethyl adjacent to an activating group) is 1. The predicted octanol–water partition coefficient (Wildman–Crippen LogP) is 1.85. The molecule has 0 unspecified atom stereocenters. The van der Waals surface area contributed by atoms with Crippen LogP contribution in [-0.4, -0.2) is 41.3 Å². The lowest BCUT2D eigenvalue weighted by atomic mass is 10.2. The first-order valence-corrected chi connectivity index (χ1v) is 6.79. The van der Waals surface area contributed by atoms with Crippen molar-refractivity contribution in [3.05, 3.63) is 38.9 Å². The van der Waals surface area contributed by atoms with Crippen LogP contribution in [0.5, 0.6) is 0 Å². The number of nitro benzene ring substituents is 1. The monoisotopic (exact) mass is 313 g/mol. The van der Waals surface area contributed by atoms with Crippen LogP contribution >= 0.6 is 11.6 Å². The second-order valence-corrected chi connectivity index (χ2v) is 4.52. The van der Waals surface area contributed by atoms with Crippen molar-refractivity contribution in [2.45, 2.75) is 13.8 Å². The number of carbonyl (C=O) groups excluding carboxylic acids is 2. The van der Waals surface area contributed by atoms with Crippen LogP contribution in [0.4, 0.5) is 5.69 Å². The standard InChI is InChI=1S/C13H16ClN3O4/c1-3-16(4-2)11(18)8-15-13(19)9-6-5-7-10(12(9)14)17(20)21/h5-7H,3-4,8H2,1-2H3,(H,15,19). The number of carbonyl (C=O) groups is 2. The van der Waals surface area contributed by atoms with Crippen LogP contribution in [0.25, 0.3) is 0 Å². The van der Waals surface area contributed by atoms with Gasteiger partial charge in [0.05, 0.1) is 17.0 Å². The molecule has 2 amide bonds. The Hall–Kier alpha value is -2.15. The molecule has 0 fully saturated rings. The molecular formula is C13H16ClN3O4. The molecule has 7 nitrogen and oxygen atoms in total. The Kier molecular flexibility index (Phi) is 6.10. The zero-order valence-corrected chi connectivity index (χ0v) is 12.5. The number of nitrogens with one attached hydrogen (secondary N) is 1. The van der Waals surface area contributed by atoms with E-state index in [9.17, 15) is 19.7 Å². The summed E-state index contributed by atoms with van der Waals surface area (Å²) in [5.74, 6) is -0.848. The van der Waals surface area contributed by atoms with Crippen LogP contribution in [0.1, 0.15) is 24.2 Å². The van der Waals surface area contributed by atoms with E-state index < -0.39 is 10.8 Å². The van der Waals surface area contributed by atoms with Crippen LogP contribution < -0.4 is 5.32 Å². The molecule has 0 heterocycles. The molecule has 21 heavy (non-hydrogen) atoms. The molecule has 0 aliphatic rings. The van der Waals surface area contributed by atoms with Crippen LogP contribution in [0.3, 0.4) is 0 Å². The molecule has 1 N–H and O–H groups in total. The van der Waals surface area contributed by atoms with E-state index in [1.54, 1.807) is 4.90 Å². The third-order valence-electron chi connectivity index (χ3n) is 2.94. The topological polar surface area (TPSA) is 92.6 Å². The molecule has 0 spiro atoms. The van der Waals surface area contributed by atoms with Crippen LogP contribution in [-0.2, 0) is 4.79 Å². The van der Waals surface area contributed by atoms with Crippen LogP contribution in [0.2, 0.25) is 5.02 Å². The number of nitrogens with zero attached hydrogens (tertiary/aromatic N) is 2. The maximum atomic E-state index is 12.0. The Balaban J connectivity index is 2.79. The summed E-state index contributed by atoms with van der Waals surface area (Å²) in [6.07, 6.45) is 0. The second-order valence-electron chi connectivity index (χ2n) is 4.14. The van der Waals surface area contributed by atoms with Crippen LogP contribution in [0.15, 0.2) is 18.2 Å². The van der Waals surface area contributed by atoms with E-state index in [4.69, 9.17) is 11.6 Å². The lowest BCUT2D eigenvalue weighted by molar-refractivity contribution is -0.384. The van der Waals surface area contributed by atoms with Gasteiger partial charge >= 0.3 is 0 Å². The van der Waals surface area contributed by atoms with E-state index in [0.29, 0.717) is 13.1 Å². The minimum absolute atomic E-state index is 0.0294. The maximum absolute atomic E-state index is 12.0. The van der Waals surface area contributed by atoms with E-state index >= 15 is 0 Å². The van der Waals surface area contributed by atoms with Gasteiger partial charge in [-0.2, -0.15) is 0 Å². The largest absolute Gasteiger partial charge is 0.343 e. The highest BCUT2D eigenvalue weighted by Crippen LogP contribution is 2.27. The fraction of sp³-hybridized carbons (Fsp3) is 0.385. The van der Waals surface area contributed by atoms with Crippen molar-refractivity contribution >= 4 is 29.1 Å². The Morgan fingerprint density at radius 2 is 1.95 bits per heavy atom. The number of hydrogen-bond donors (Lipinski definition) is 1. The van der Waals surface area contributed by atoms with E-state index in [2.05, 4.69) is 5.32 Å². The molecule has 114 valence electrons. The predicted molar refractivity (Wildman–Crippen MR) is 78.4 cm³/mol. The molecular weight excluding hydrogens is 298 g/mol. The average molecular weight is 314 g/mol. The fourth-order valence-electron chi connectivity index (χ4n) is 1.78. The molecule has 1 aromatic rings. The van der Waals surface area contributed by atoms with Crippen LogP contribution in [0, 0.1) is 10.1 Å². The van der Waals surface area contributed by atoms with Gasteiger partial charge in [-0.25, -0.2) is 0 Å². The molecule has 0 atom stereocenters. The van der Waals surface area contributed by atoms with Gasteiger partial charge in [-0.1, -0.05) is 17.7 Å². The minimum Gasteiger partial charge on any atom is -0.343 e. The number of benzene rings is 1. The quantitative estimate of drug-likeness (QED) is 0.640. The first-order chi connectivity index (χ1) is 9.92. The molecule has 0 saturated heterocycles. The van der Waals surface area contributed by atoms with Gasteiger partial charge in [0, 0.05) is 19.2 Å². The highest BCUT2D eigenvalue weighted by atomic mass is 35.5. The first kappa shape index (κ1) is 16.9. The van der Waals surface area contributed by atoms with Crippen molar-refractivity contribution < 1.29 is 14.5 Å². The Morgan fingerprint density at radius 3 is 2.48 bits per heavy atom. The van der Waals surface area contributed by atoms with Crippen molar-refractivity contribution in [2.75, 3.05) is 19.6 Å². The first-order valence-electron chi connectivity index (χ1n) is 6.41. The van der Waals surface area contributed by atoms with Crippen molar-refractivity contribution in [2.24, 2.45) is 0 Å². The normalized spacial score (nSPS) is 10.0. The van der Waals surface area contributed by atoms with Gasteiger partial charge in [0.15, 0.2) is 0 Å². The zero-order chi connectivity index (χ0) is 16.0. The third kappa shape index (κ3) is 4.16. The fourth-order valence-corrected chi connectivity index (χ4v) is 2.06. The van der Waals surface area contributed by atoms with Crippen molar-refractivity contribution in [3.8, 4) is 0 Å². The van der Waals surface area contributed by atoms with Gasteiger partial charge in [0.1, 0.15) is 5.02 Å². The summed E-state index contributed by atoms with van der Waals surface area (Å²) in [7, 11) is 0. The maximum Gasteiger partial charge on any atom is 0.288 e. The van der Waals surface area contributed by atoms with Gasteiger partial charge in [0.25, 0.3) is 11.6 Å². The summed E-state index contributed by atoms with van der Waals surface area (Å²) >= 11 is 5.83. The van der Waals surface area contributed by atoms with Gasteiger partial charge in [-0.3, -0.25) is 19.7 Å². The smallest absolute Gasteiger partial charge is 0.288 e. The highest BCUT2D eigenvalue weighted by molar-refractivity contribution is 6.35. The molecule has 0 aliphatic heterocycles. The molecule has 0 bridgehead atoms. The number of nitro groups is 1. The molecule has 0 aliphatic carbocycles. The molecule has 1 aromatic carbocycles. The molecule has 0 aromatic heterocycles. The molecule has 1 rings (SSSR count). The number of halogens is 1. The molecule has 0 radical (unpaired) electrons. The Labute approximate surface area is 127 Å². The Morgan fingerprint density at radius 1 is 1.33 bits per heavy atom. The van der Waals surface area contributed by atoms with Gasteiger partial charge in [-0.05, 0) is 19.9 Å².